The average Bonchev–Trinajstić information content (AvgIpc) is 2.74. The minimum Gasteiger partial charge on any atom is -0.475 e. The van der Waals surface area contributed by atoms with E-state index in [0.717, 1.165) is 13.1 Å². The van der Waals surface area contributed by atoms with Gasteiger partial charge in [0.15, 0.2) is 6.29 Å². The van der Waals surface area contributed by atoms with E-state index in [1.807, 2.05) is 0 Å². The lowest BCUT2D eigenvalue weighted by Gasteiger charge is -2.27. The molecule has 0 atom stereocenters. The molecule has 1 aliphatic rings. The van der Waals surface area contributed by atoms with Crippen LogP contribution in [0.4, 0.5) is 23.8 Å². The number of carbonyl (C=O) groups excluding carboxylic acids is 2. The summed E-state index contributed by atoms with van der Waals surface area (Å²) >= 11 is 5.98. The predicted octanol–water partition coefficient (Wildman–Crippen LogP) is 1.77. The van der Waals surface area contributed by atoms with Crippen molar-refractivity contribution in [3.63, 3.8) is 0 Å². The smallest absolute Gasteiger partial charge is 0.475 e. The summed E-state index contributed by atoms with van der Waals surface area (Å²) in [6.45, 7) is 2.68. The van der Waals surface area contributed by atoms with Crippen molar-refractivity contribution in [2.45, 2.75) is 6.18 Å². The Hall–Kier alpha value is -3.45. The third-order valence-electron chi connectivity index (χ3n) is 4.07. The fourth-order valence-electron chi connectivity index (χ4n) is 2.49. The van der Waals surface area contributed by atoms with E-state index in [-0.39, 0.29) is 16.9 Å². The molecule has 1 aliphatic heterocycles. The topological polar surface area (TPSA) is 134 Å². The van der Waals surface area contributed by atoms with Gasteiger partial charge in [0.25, 0.3) is 0 Å². The average molecular weight is 476 g/mol. The first-order chi connectivity index (χ1) is 15.0. The van der Waals surface area contributed by atoms with Crippen LogP contribution in [0.5, 0.6) is 0 Å². The molecule has 0 aliphatic carbocycles. The SMILES string of the molecule is O=C(O)C(F)(F)F.O=Cc1ccc(-n2ccc(NC(=O)N3CCNCC3)nc2=O)cc1Cl. The molecule has 3 rings (SSSR count). The maximum absolute atomic E-state index is 12.2. The number of hydrogen-bond acceptors (Lipinski definition) is 6. The number of urea groups is 1. The minimum absolute atomic E-state index is 0.181. The number of amides is 2. The molecule has 1 saturated heterocycles. The Kier molecular flexibility index (Phi) is 8.32. The molecule has 1 fully saturated rings. The number of nitrogens with one attached hydrogen (secondary N) is 2. The van der Waals surface area contributed by atoms with Gasteiger partial charge in [-0.1, -0.05) is 11.6 Å². The number of anilines is 1. The number of alkyl halides is 3. The summed E-state index contributed by atoms with van der Waals surface area (Å²) in [4.78, 5) is 49.6. The molecule has 172 valence electrons. The minimum atomic E-state index is -5.08. The molecular formula is C18H17ClF3N5O5. The second-order valence-electron chi connectivity index (χ2n) is 6.26. The quantitative estimate of drug-likeness (QED) is 0.576. The first-order valence-corrected chi connectivity index (χ1v) is 9.32. The summed E-state index contributed by atoms with van der Waals surface area (Å²) in [5, 5.41) is 13.2. The zero-order chi connectivity index (χ0) is 23.9. The number of aromatic nitrogens is 2. The molecule has 0 bridgehead atoms. The summed E-state index contributed by atoms with van der Waals surface area (Å²) in [7, 11) is 0. The number of carboxylic acid groups (broad SMARTS) is 1. The molecule has 2 aromatic rings. The first kappa shape index (κ1) is 24.8. The third kappa shape index (κ3) is 6.78. The van der Waals surface area contributed by atoms with Gasteiger partial charge < -0.3 is 15.3 Å². The van der Waals surface area contributed by atoms with Gasteiger partial charge >= 0.3 is 23.9 Å². The van der Waals surface area contributed by atoms with E-state index in [9.17, 15) is 27.6 Å². The summed E-state index contributed by atoms with van der Waals surface area (Å²) in [6, 6.07) is 5.87. The molecule has 0 saturated carbocycles. The van der Waals surface area contributed by atoms with Crippen molar-refractivity contribution in [3.8, 4) is 5.69 Å². The van der Waals surface area contributed by atoms with Crippen LogP contribution in [0, 0.1) is 0 Å². The molecule has 0 radical (unpaired) electrons. The number of aliphatic carboxylic acids is 1. The van der Waals surface area contributed by atoms with E-state index in [2.05, 4.69) is 15.6 Å². The van der Waals surface area contributed by atoms with Crippen LogP contribution in [-0.2, 0) is 4.79 Å². The first-order valence-electron chi connectivity index (χ1n) is 8.94. The molecule has 32 heavy (non-hydrogen) atoms. The molecule has 14 heteroatoms. The van der Waals surface area contributed by atoms with Crippen LogP contribution < -0.4 is 16.3 Å². The maximum atomic E-state index is 12.2. The number of aldehydes is 1. The van der Waals surface area contributed by atoms with Gasteiger partial charge in [0.1, 0.15) is 5.82 Å². The number of hydrogen-bond donors (Lipinski definition) is 3. The van der Waals surface area contributed by atoms with E-state index in [4.69, 9.17) is 21.5 Å². The van der Waals surface area contributed by atoms with Crippen LogP contribution in [-0.4, -0.2) is 70.2 Å². The highest BCUT2D eigenvalue weighted by Gasteiger charge is 2.38. The van der Waals surface area contributed by atoms with Crippen molar-refractivity contribution < 1.29 is 32.7 Å². The van der Waals surface area contributed by atoms with Crippen LogP contribution >= 0.6 is 11.6 Å². The van der Waals surface area contributed by atoms with Gasteiger partial charge in [-0.15, -0.1) is 0 Å². The Balaban J connectivity index is 0.000000451. The Labute approximate surface area is 183 Å². The largest absolute Gasteiger partial charge is 0.490 e. The van der Waals surface area contributed by atoms with Crippen molar-refractivity contribution in [2.24, 2.45) is 0 Å². The molecule has 10 nitrogen and oxygen atoms in total. The highest BCUT2D eigenvalue weighted by molar-refractivity contribution is 6.33. The summed E-state index contributed by atoms with van der Waals surface area (Å²) in [5.74, 6) is -2.58. The molecule has 0 spiro atoms. The van der Waals surface area contributed by atoms with Gasteiger partial charge in [-0.25, -0.2) is 14.4 Å². The highest BCUT2D eigenvalue weighted by atomic mass is 35.5. The molecule has 3 N–H and O–H groups in total. The Morgan fingerprint density at radius 1 is 1.22 bits per heavy atom. The molecular weight excluding hydrogens is 459 g/mol. The number of carbonyl (C=O) groups is 3. The standard InChI is InChI=1S/C16H16ClN5O3.C2HF3O2/c17-13-9-12(2-1-11(13)10-23)22-6-3-14(20-16(22)25)19-15(24)21-7-4-18-5-8-21;3-2(4,5)1(6)7/h1-3,6,9-10,18H,4-5,7-8H2,(H,19,20,24,25);(H,6,7). The van der Waals surface area contributed by atoms with Crippen LogP contribution in [0.25, 0.3) is 5.69 Å². The van der Waals surface area contributed by atoms with E-state index in [1.54, 1.807) is 11.0 Å². The second-order valence-corrected chi connectivity index (χ2v) is 6.67. The number of benzene rings is 1. The zero-order valence-corrected chi connectivity index (χ0v) is 17.0. The predicted molar refractivity (Wildman–Crippen MR) is 107 cm³/mol. The normalized spacial score (nSPS) is 13.6. The fraction of sp³-hybridized carbons (Fsp3) is 0.278. The van der Waals surface area contributed by atoms with Gasteiger partial charge in [0, 0.05) is 37.9 Å². The number of piperazine rings is 1. The maximum Gasteiger partial charge on any atom is 0.490 e. The van der Waals surface area contributed by atoms with E-state index in [0.29, 0.717) is 30.6 Å². The van der Waals surface area contributed by atoms with Gasteiger partial charge in [-0.2, -0.15) is 18.2 Å². The summed E-state index contributed by atoms with van der Waals surface area (Å²) in [6.07, 6.45) is -2.95. The molecule has 2 heterocycles. The Morgan fingerprint density at radius 2 is 1.84 bits per heavy atom. The van der Waals surface area contributed by atoms with Gasteiger partial charge in [-0.05, 0) is 24.3 Å². The summed E-state index contributed by atoms with van der Waals surface area (Å²) in [5.41, 5.74) is 0.257. The Bertz CT molecular complexity index is 1050. The zero-order valence-electron chi connectivity index (χ0n) is 16.2. The number of nitrogens with zero attached hydrogens (tertiary/aromatic N) is 3. The van der Waals surface area contributed by atoms with E-state index in [1.165, 1.54) is 29.0 Å². The fourth-order valence-corrected chi connectivity index (χ4v) is 2.71. The van der Waals surface area contributed by atoms with Crippen molar-refractivity contribution in [1.29, 1.82) is 0 Å². The third-order valence-corrected chi connectivity index (χ3v) is 4.40. The van der Waals surface area contributed by atoms with Crippen molar-refractivity contribution in [2.75, 3.05) is 31.5 Å². The Morgan fingerprint density at radius 3 is 2.34 bits per heavy atom. The monoisotopic (exact) mass is 475 g/mol. The second kappa shape index (κ2) is 10.7. The summed E-state index contributed by atoms with van der Waals surface area (Å²) < 4.78 is 33.0. The number of carboxylic acids is 1. The molecule has 0 unspecified atom stereocenters. The lowest BCUT2D eigenvalue weighted by atomic mass is 10.2. The van der Waals surface area contributed by atoms with Gasteiger partial charge in [0.05, 0.1) is 10.7 Å². The molecule has 2 amide bonds. The van der Waals surface area contributed by atoms with Crippen LogP contribution in [0.2, 0.25) is 5.02 Å². The van der Waals surface area contributed by atoms with Crippen LogP contribution in [0.1, 0.15) is 10.4 Å². The lowest BCUT2D eigenvalue weighted by molar-refractivity contribution is -0.192. The molecule has 1 aromatic heterocycles. The highest BCUT2D eigenvalue weighted by Crippen LogP contribution is 2.18. The van der Waals surface area contributed by atoms with Crippen LogP contribution in [0.3, 0.4) is 0 Å². The van der Waals surface area contributed by atoms with E-state index < -0.39 is 17.8 Å². The van der Waals surface area contributed by atoms with E-state index >= 15 is 0 Å². The van der Waals surface area contributed by atoms with Gasteiger partial charge in [0.2, 0.25) is 0 Å². The lowest BCUT2D eigenvalue weighted by Crippen LogP contribution is -2.48. The molecule has 1 aromatic carbocycles. The van der Waals surface area contributed by atoms with Gasteiger partial charge in [-0.3, -0.25) is 14.7 Å². The number of halogens is 4. The van der Waals surface area contributed by atoms with Crippen molar-refractivity contribution in [1.82, 2.24) is 19.8 Å². The van der Waals surface area contributed by atoms with Crippen LogP contribution in [0.15, 0.2) is 35.3 Å². The van der Waals surface area contributed by atoms with Crippen molar-refractivity contribution >= 4 is 35.7 Å². The van der Waals surface area contributed by atoms with Crippen molar-refractivity contribution in [3.05, 3.63) is 51.5 Å². The number of rotatable bonds is 3.